The summed E-state index contributed by atoms with van der Waals surface area (Å²) in [6.07, 6.45) is 7.67. The number of alkyl halides is 1. The molecule has 0 heterocycles. The molecule has 4 bridgehead atoms. The number of carbonyl (C=O) groups excluding carboxylic acids is 2. The standard InChI is InChI=1S/C20H24BrFN2O2/c1-12(25)23-17-5-15(2-3-16(17)22)24-18(26)10-19-6-13-4-14(7-19)9-20(21,8-13)11-19/h2-3,5,13-14H,4,6-11H2,1H3,(H,23,25)(H,24,26). The van der Waals surface area contributed by atoms with E-state index in [-0.39, 0.29) is 27.2 Å². The van der Waals surface area contributed by atoms with Gasteiger partial charge in [-0.05, 0) is 74.0 Å². The summed E-state index contributed by atoms with van der Waals surface area (Å²) in [6.45, 7) is 1.33. The summed E-state index contributed by atoms with van der Waals surface area (Å²) in [7, 11) is 0. The Bertz CT molecular complexity index is 752. The monoisotopic (exact) mass is 422 g/mol. The minimum atomic E-state index is -0.513. The van der Waals surface area contributed by atoms with Crippen LogP contribution in [0, 0.1) is 23.1 Å². The van der Waals surface area contributed by atoms with Gasteiger partial charge in [0.15, 0.2) is 0 Å². The van der Waals surface area contributed by atoms with Crippen LogP contribution in [0.1, 0.15) is 51.9 Å². The van der Waals surface area contributed by atoms with Crippen LogP contribution in [0.4, 0.5) is 15.8 Å². The Labute approximate surface area is 161 Å². The lowest BCUT2D eigenvalue weighted by atomic mass is 9.48. The Morgan fingerprint density at radius 3 is 2.50 bits per heavy atom. The highest BCUT2D eigenvalue weighted by atomic mass is 79.9. The Balaban J connectivity index is 1.45. The SMILES string of the molecule is CC(=O)Nc1cc(NC(=O)CC23CC4CC(CC(Br)(C4)C2)C3)ccc1F. The minimum absolute atomic E-state index is 0.0246. The van der Waals surface area contributed by atoms with Crippen LogP contribution in [0.3, 0.4) is 0 Å². The molecule has 2 atom stereocenters. The second-order valence-corrected chi connectivity index (χ2v) is 10.4. The zero-order chi connectivity index (χ0) is 18.5. The van der Waals surface area contributed by atoms with Crippen molar-refractivity contribution in [2.45, 2.75) is 56.2 Å². The van der Waals surface area contributed by atoms with Gasteiger partial charge >= 0.3 is 0 Å². The molecule has 140 valence electrons. The first-order valence-corrected chi connectivity index (χ1v) is 10.1. The van der Waals surface area contributed by atoms with Crippen LogP contribution in [0.5, 0.6) is 0 Å². The number of amides is 2. The van der Waals surface area contributed by atoms with Gasteiger partial charge in [0.2, 0.25) is 11.8 Å². The van der Waals surface area contributed by atoms with Gasteiger partial charge in [-0.25, -0.2) is 4.39 Å². The highest BCUT2D eigenvalue weighted by Crippen LogP contribution is 2.65. The molecule has 1 aromatic rings. The van der Waals surface area contributed by atoms with Crippen LogP contribution in [0.2, 0.25) is 0 Å². The van der Waals surface area contributed by atoms with Crippen molar-refractivity contribution in [1.29, 1.82) is 0 Å². The number of anilines is 2. The molecule has 2 amide bonds. The lowest BCUT2D eigenvalue weighted by Crippen LogP contribution is -2.53. The summed E-state index contributed by atoms with van der Waals surface area (Å²) >= 11 is 3.98. The van der Waals surface area contributed by atoms with Crippen LogP contribution < -0.4 is 10.6 Å². The van der Waals surface area contributed by atoms with Crippen molar-refractivity contribution >= 4 is 39.1 Å². The van der Waals surface area contributed by atoms with E-state index in [1.54, 1.807) is 0 Å². The maximum Gasteiger partial charge on any atom is 0.224 e. The summed E-state index contributed by atoms with van der Waals surface area (Å²) in [5, 5.41) is 5.34. The number of carbonyl (C=O) groups is 2. The summed E-state index contributed by atoms with van der Waals surface area (Å²) in [5.41, 5.74) is 0.695. The van der Waals surface area contributed by atoms with E-state index in [1.807, 2.05) is 0 Å². The van der Waals surface area contributed by atoms with E-state index >= 15 is 0 Å². The Morgan fingerprint density at radius 1 is 1.19 bits per heavy atom. The van der Waals surface area contributed by atoms with Crippen LogP contribution >= 0.6 is 15.9 Å². The van der Waals surface area contributed by atoms with Gasteiger partial charge in [-0.15, -0.1) is 0 Å². The fraction of sp³-hybridized carbons (Fsp3) is 0.600. The average Bonchev–Trinajstić information content (AvgIpc) is 2.46. The van der Waals surface area contributed by atoms with Crippen molar-refractivity contribution in [2.75, 3.05) is 10.6 Å². The molecule has 26 heavy (non-hydrogen) atoms. The third kappa shape index (κ3) is 3.53. The van der Waals surface area contributed by atoms with Crippen LogP contribution in [-0.2, 0) is 9.59 Å². The summed E-state index contributed by atoms with van der Waals surface area (Å²) < 4.78 is 14.0. The molecule has 4 aliphatic rings. The molecule has 4 nitrogen and oxygen atoms in total. The van der Waals surface area contributed by atoms with Gasteiger partial charge in [0, 0.05) is 23.4 Å². The minimum Gasteiger partial charge on any atom is -0.326 e. The van der Waals surface area contributed by atoms with Crippen molar-refractivity contribution < 1.29 is 14.0 Å². The normalized spacial score (nSPS) is 34.6. The van der Waals surface area contributed by atoms with E-state index < -0.39 is 5.82 Å². The van der Waals surface area contributed by atoms with E-state index in [9.17, 15) is 14.0 Å². The molecule has 0 saturated heterocycles. The van der Waals surface area contributed by atoms with Crippen LogP contribution in [0.15, 0.2) is 18.2 Å². The van der Waals surface area contributed by atoms with Gasteiger partial charge < -0.3 is 10.6 Å². The Kier molecular flexibility index (Phi) is 4.37. The van der Waals surface area contributed by atoms with Crippen molar-refractivity contribution in [2.24, 2.45) is 17.3 Å². The summed E-state index contributed by atoms with van der Waals surface area (Å²) in [4.78, 5) is 23.9. The van der Waals surface area contributed by atoms with Gasteiger partial charge in [-0.1, -0.05) is 15.9 Å². The fourth-order valence-electron chi connectivity index (χ4n) is 5.98. The smallest absolute Gasteiger partial charge is 0.224 e. The maximum absolute atomic E-state index is 13.8. The van der Waals surface area contributed by atoms with E-state index in [0.717, 1.165) is 31.1 Å². The molecule has 0 aromatic heterocycles. The average molecular weight is 423 g/mol. The van der Waals surface area contributed by atoms with Crippen molar-refractivity contribution in [1.82, 2.24) is 0 Å². The van der Waals surface area contributed by atoms with Crippen LogP contribution in [0.25, 0.3) is 0 Å². The Hall–Kier alpha value is -1.43. The second-order valence-electron chi connectivity index (χ2n) is 8.71. The first-order valence-electron chi connectivity index (χ1n) is 9.30. The molecular formula is C20H24BrFN2O2. The molecule has 0 radical (unpaired) electrons. The summed E-state index contributed by atoms with van der Waals surface area (Å²) in [6, 6.07) is 4.27. The summed E-state index contributed by atoms with van der Waals surface area (Å²) in [5.74, 6) is 0.591. The topological polar surface area (TPSA) is 58.2 Å². The molecule has 4 aliphatic carbocycles. The highest BCUT2D eigenvalue weighted by molar-refractivity contribution is 9.10. The van der Waals surface area contributed by atoms with Crippen molar-refractivity contribution in [3.8, 4) is 0 Å². The number of hydrogen-bond donors (Lipinski definition) is 2. The zero-order valence-corrected chi connectivity index (χ0v) is 16.5. The van der Waals surface area contributed by atoms with E-state index in [2.05, 4.69) is 26.6 Å². The maximum atomic E-state index is 13.8. The van der Waals surface area contributed by atoms with Gasteiger partial charge in [0.1, 0.15) is 5.82 Å². The number of halogens is 2. The molecule has 1 aromatic carbocycles. The molecule has 0 spiro atoms. The fourth-order valence-corrected chi connectivity index (χ4v) is 7.49. The van der Waals surface area contributed by atoms with Crippen molar-refractivity contribution in [3.63, 3.8) is 0 Å². The molecule has 2 unspecified atom stereocenters. The second kappa shape index (κ2) is 6.32. The third-order valence-corrected chi connectivity index (χ3v) is 7.14. The number of benzene rings is 1. The quantitative estimate of drug-likeness (QED) is 0.681. The molecular weight excluding hydrogens is 399 g/mol. The molecule has 6 heteroatoms. The van der Waals surface area contributed by atoms with Gasteiger partial charge in [0.05, 0.1) is 5.69 Å². The largest absolute Gasteiger partial charge is 0.326 e. The lowest BCUT2D eigenvalue weighted by molar-refractivity contribution is -0.123. The molecule has 4 saturated carbocycles. The first-order chi connectivity index (χ1) is 12.2. The lowest BCUT2D eigenvalue weighted by Gasteiger charge is -2.60. The third-order valence-electron chi connectivity index (χ3n) is 6.21. The molecule has 0 aliphatic heterocycles. The van der Waals surface area contributed by atoms with Gasteiger partial charge in [0.25, 0.3) is 0 Å². The van der Waals surface area contributed by atoms with Gasteiger partial charge in [-0.3, -0.25) is 9.59 Å². The van der Waals surface area contributed by atoms with E-state index in [4.69, 9.17) is 0 Å². The highest BCUT2D eigenvalue weighted by Gasteiger charge is 2.57. The zero-order valence-electron chi connectivity index (χ0n) is 14.9. The van der Waals surface area contributed by atoms with Crippen molar-refractivity contribution in [3.05, 3.63) is 24.0 Å². The van der Waals surface area contributed by atoms with Gasteiger partial charge in [-0.2, -0.15) is 0 Å². The molecule has 4 fully saturated rings. The number of rotatable bonds is 4. The first kappa shape index (κ1) is 18.0. The Morgan fingerprint density at radius 2 is 1.88 bits per heavy atom. The van der Waals surface area contributed by atoms with Crippen LogP contribution in [-0.4, -0.2) is 16.1 Å². The molecule has 2 N–H and O–H groups in total. The van der Waals surface area contributed by atoms with E-state index in [1.165, 1.54) is 44.4 Å². The molecule has 5 rings (SSSR count). The number of nitrogens with one attached hydrogen (secondary N) is 2. The predicted molar refractivity (Wildman–Crippen MR) is 103 cm³/mol. The predicted octanol–water partition coefficient (Wildman–Crippen LogP) is 4.85. The van der Waals surface area contributed by atoms with E-state index in [0.29, 0.717) is 12.1 Å². The number of hydrogen-bond acceptors (Lipinski definition) is 2.